The Labute approximate surface area is 146 Å². The Balaban J connectivity index is 1.79. The van der Waals surface area contributed by atoms with E-state index in [1.807, 2.05) is 43.3 Å². The Kier molecular flexibility index (Phi) is 4.72. The highest BCUT2D eigenvalue weighted by molar-refractivity contribution is 6.03. The molecular weight excluding hydrogens is 312 g/mol. The standard InChI is InChI=1S/C20H16N4O/c1-14-5-4-7-16(11-14)24-20(25)19-12-17(9-10-22-19)23-18-8-3-2-6-15(18)13-21/h2-12H,1H3,(H,22,23)(H,24,25). The number of nitrogens with zero attached hydrogens (tertiary/aromatic N) is 2. The van der Waals surface area contributed by atoms with E-state index in [9.17, 15) is 4.79 Å². The second-order valence-corrected chi connectivity index (χ2v) is 5.54. The maximum atomic E-state index is 12.4. The zero-order chi connectivity index (χ0) is 17.6. The van der Waals surface area contributed by atoms with Crippen LogP contribution >= 0.6 is 0 Å². The van der Waals surface area contributed by atoms with Crippen molar-refractivity contribution < 1.29 is 4.79 Å². The van der Waals surface area contributed by atoms with Gasteiger partial charge in [0.1, 0.15) is 11.8 Å². The molecule has 0 spiro atoms. The molecular formula is C20H16N4O. The molecule has 0 saturated heterocycles. The molecule has 2 N–H and O–H groups in total. The molecule has 3 aromatic rings. The molecule has 0 saturated carbocycles. The van der Waals surface area contributed by atoms with Crippen LogP contribution in [-0.4, -0.2) is 10.9 Å². The van der Waals surface area contributed by atoms with Crippen molar-refractivity contribution >= 4 is 23.0 Å². The molecule has 3 rings (SSSR count). The van der Waals surface area contributed by atoms with Gasteiger partial charge in [0.15, 0.2) is 0 Å². The van der Waals surface area contributed by atoms with Crippen molar-refractivity contribution in [3.8, 4) is 6.07 Å². The number of amides is 1. The van der Waals surface area contributed by atoms with Crippen molar-refractivity contribution in [2.24, 2.45) is 0 Å². The number of hydrogen-bond donors (Lipinski definition) is 2. The zero-order valence-corrected chi connectivity index (χ0v) is 13.7. The van der Waals surface area contributed by atoms with Gasteiger partial charge in [-0.05, 0) is 48.9 Å². The maximum Gasteiger partial charge on any atom is 0.274 e. The van der Waals surface area contributed by atoms with Crippen molar-refractivity contribution in [2.75, 3.05) is 10.6 Å². The summed E-state index contributed by atoms with van der Waals surface area (Å²) in [5, 5.41) is 15.1. The number of benzene rings is 2. The minimum absolute atomic E-state index is 0.289. The van der Waals surface area contributed by atoms with E-state index in [0.29, 0.717) is 22.6 Å². The highest BCUT2D eigenvalue weighted by atomic mass is 16.1. The van der Waals surface area contributed by atoms with Crippen LogP contribution in [0.4, 0.5) is 17.1 Å². The van der Waals surface area contributed by atoms with Crippen LogP contribution in [0.3, 0.4) is 0 Å². The first-order valence-electron chi connectivity index (χ1n) is 7.76. The van der Waals surface area contributed by atoms with Crippen LogP contribution in [0.15, 0.2) is 66.9 Å². The first-order chi connectivity index (χ1) is 12.2. The summed E-state index contributed by atoms with van der Waals surface area (Å²) in [4.78, 5) is 16.5. The molecule has 1 aromatic heterocycles. The zero-order valence-electron chi connectivity index (χ0n) is 13.7. The average Bonchev–Trinajstić information content (AvgIpc) is 2.62. The SMILES string of the molecule is Cc1cccc(NC(=O)c2cc(Nc3ccccc3C#N)ccn2)c1. The highest BCUT2D eigenvalue weighted by Gasteiger charge is 2.09. The second kappa shape index (κ2) is 7.28. The van der Waals surface area contributed by atoms with Gasteiger partial charge >= 0.3 is 0 Å². The predicted molar refractivity (Wildman–Crippen MR) is 97.8 cm³/mol. The van der Waals surface area contributed by atoms with E-state index in [4.69, 9.17) is 5.26 Å². The third-order valence-electron chi connectivity index (χ3n) is 3.60. The smallest absolute Gasteiger partial charge is 0.274 e. The van der Waals surface area contributed by atoms with Gasteiger partial charge in [-0.1, -0.05) is 24.3 Å². The van der Waals surface area contributed by atoms with Gasteiger partial charge in [-0.15, -0.1) is 0 Å². The summed E-state index contributed by atoms with van der Waals surface area (Å²) in [5.74, 6) is -0.289. The number of carbonyl (C=O) groups excluding carboxylic acids is 1. The Hall–Kier alpha value is -3.65. The number of aryl methyl sites for hydroxylation is 1. The summed E-state index contributed by atoms with van der Waals surface area (Å²) in [6.07, 6.45) is 1.56. The molecule has 1 heterocycles. The van der Waals surface area contributed by atoms with Crippen LogP contribution < -0.4 is 10.6 Å². The summed E-state index contributed by atoms with van der Waals surface area (Å²) in [5.41, 5.74) is 3.98. The summed E-state index contributed by atoms with van der Waals surface area (Å²) >= 11 is 0. The summed E-state index contributed by atoms with van der Waals surface area (Å²) in [7, 11) is 0. The lowest BCUT2D eigenvalue weighted by atomic mass is 10.2. The molecule has 0 fully saturated rings. The van der Waals surface area contributed by atoms with Crippen LogP contribution in [0, 0.1) is 18.3 Å². The molecule has 5 heteroatoms. The molecule has 0 unspecified atom stereocenters. The number of carbonyl (C=O) groups is 1. The van der Waals surface area contributed by atoms with Crippen molar-refractivity contribution in [3.05, 3.63) is 83.7 Å². The number of rotatable bonds is 4. The maximum absolute atomic E-state index is 12.4. The van der Waals surface area contributed by atoms with Gasteiger partial charge in [-0.2, -0.15) is 5.26 Å². The number of nitrogens with one attached hydrogen (secondary N) is 2. The molecule has 0 aliphatic heterocycles. The van der Waals surface area contributed by atoms with Crippen molar-refractivity contribution in [3.63, 3.8) is 0 Å². The lowest BCUT2D eigenvalue weighted by Crippen LogP contribution is -2.13. The Morgan fingerprint density at radius 1 is 1.04 bits per heavy atom. The first kappa shape index (κ1) is 16.2. The molecule has 0 aliphatic carbocycles. The molecule has 0 aliphatic rings. The molecule has 5 nitrogen and oxygen atoms in total. The summed E-state index contributed by atoms with van der Waals surface area (Å²) in [6, 6.07) is 20.3. The van der Waals surface area contributed by atoms with E-state index in [-0.39, 0.29) is 5.91 Å². The third-order valence-corrected chi connectivity index (χ3v) is 3.60. The van der Waals surface area contributed by atoms with Crippen molar-refractivity contribution in [2.45, 2.75) is 6.92 Å². The molecule has 122 valence electrons. The number of anilines is 3. The van der Waals surface area contributed by atoms with Gasteiger partial charge in [0.25, 0.3) is 5.91 Å². The van der Waals surface area contributed by atoms with E-state index in [0.717, 1.165) is 11.3 Å². The minimum Gasteiger partial charge on any atom is -0.354 e. The number of pyridine rings is 1. The van der Waals surface area contributed by atoms with Gasteiger partial charge in [-0.3, -0.25) is 9.78 Å². The van der Waals surface area contributed by atoms with Crippen LogP contribution in [-0.2, 0) is 0 Å². The first-order valence-corrected chi connectivity index (χ1v) is 7.76. The number of para-hydroxylation sites is 1. The third kappa shape index (κ3) is 4.01. The van der Waals surface area contributed by atoms with E-state index in [2.05, 4.69) is 21.7 Å². The summed E-state index contributed by atoms with van der Waals surface area (Å²) < 4.78 is 0. The Morgan fingerprint density at radius 2 is 1.88 bits per heavy atom. The fourth-order valence-corrected chi connectivity index (χ4v) is 2.40. The van der Waals surface area contributed by atoms with Gasteiger partial charge in [0.2, 0.25) is 0 Å². The van der Waals surface area contributed by atoms with Crippen molar-refractivity contribution in [1.82, 2.24) is 4.98 Å². The number of nitriles is 1. The highest BCUT2D eigenvalue weighted by Crippen LogP contribution is 2.20. The number of aromatic nitrogens is 1. The van der Waals surface area contributed by atoms with E-state index >= 15 is 0 Å². The van der Waals surface area contributed by atoms with Crippen LogP contribution in [0.1, 0.15) is 21.6 Å². The Bertz CT molecular complexity index is 960. The number of hydrogen-bond acceptors (Lipinski definition) is 4. The minimum atomic E-state index is -0.289. The van der Waals surface area contributed by atoms with Crippen molar-refractivity contribution in [1.29, 1.82) is 5.26 Å². The fraction of sp³-hybridized carbons (Fsp3) is 0.0500. The fourth-order valence-electron chi connectivity index (χ4n) is 2.40. The normalized spacial score (nSPS) is 9.92. The molecule has 0 bridgehead atoms. The van der Waals surface area contributed by atoms with Gasteiger partial charge in [-0.25, -0.2) is 0 Å². The summed E-state index contributed by atoms with van der Waals surface area (Å²) in [6.45, 7) is 1.96. The van der Waals surface area contributed by atoms with Crippen LogP contribution in [0.25, 0.3) is 0 Å². The monoisotopic (exact) mass is 328 g/mol. The predicted octanol–water partition coefficient (Wildman–Crippen LogP) is 4.26. The molecule has 1 amide bonds. The average molecular weight is 328 g/mol. The lowest BCUT2D eigenvalue weighted by Gasteiger charge is -2.10. The molecule has 0 atom stereocenters. The van der Waals surface area contributed by atoms with E-state index in [1.54, 1.807) is 30.5 Å². The van der Waals surface area contributed by atoms with Crippen LogP contribution in [0.2, 0.25) is 0 Å². The van der Waals surface area contributed by atoms with E-state index in [1.165, 1.54) is 0 Å². The van der Waals surface area contributed by atoms with E-state index < -0.39 is 0 Å². The molecule has 25 heavy (non-hydrogen) atoms. The quantitative estimate of drug-likeness (QED) is 0.750. The van der Waals surface area contributed by atoms with Gasteiger partial charge in [0, 0.05) is 17.6 Å². The van der Waals surface area contributed by atoms with Crippen LogP contribution in [0.5, 0.6) is 0 Å². The second-order valence-electron chi connectivity index (χ2n) is 5.54. The molecule has 2 aromatic carbocycles. The lowest BCUT2D eigenvalue weighted by molar-refractivity contribution is 0.102. The Morgan fingerprint density at radius 3 is 2.68 bits per heavy atom. The van der Waals surface area contributed by atoms with Gasteiger partial charge < -0.3 is 10.6 Å². The molecule has 0 radical (unpaired) electrons. The van der Waals surface area contributed by atoms with Gasteiger partial charge in [0.05, 0.1) is 11.3 Å². The topological polar surface area (TPSA) is 77.8 Å². The largest absolute Gasteiger partial charge is 0.354 e.